The molecule has 0 N–H and O–H groups in total. The summed E-state index contributed by atoms with van der Waals surface area (Å²) in [5.41, 5.74) is 0. The highest BCUT2D eigenvalue weighted by atomic mass is 32.2. The molecule has 0 radical (unpaired) electrons. The zero-order valence-electron chi connectivity index (χ0n) is 11.2. The van der Waals surface area contributed by atoms with Gasteiger partial charge in [0, 0.05) is 34.9 Å². The van der Waals surface area contributed by atoms with Crippen molar-refractivity contribution in [3.05, 3.63) is 0 Å². The summed E-state index contributed by atoms with van der Waals surface area (Å²) in [6.07, 6.45) is -0.576. The van der Waals surface area contributed by atoms with Crippen molar-refractivity contribution in [2.75, 3.05) is 19.1 Å². The second-order valence-corrected chi connectivity index (χ2v) is 6.79. The molecule has 0 aromatic heterocycles. The lowest BCUT2D eigenvalue weighted by atomic mass is 9.84. The van der Waals surface area contributed by atoms with Crippen molar-refractivity contribution >= 4 is 10.8 Å². The molecule has 0 aromatic rings. The van der Waals surface area contributed by atoms with E-state index >= 15 is 0 Å². The Bertz CT molecular complexity index is 296. The Morgan fingerprint density at radius 3 is 2.50 bits per heavy atom. The summed E-state index contributed by atoms with van der Waals surface area (Å²) in [4.78, 5) is 1.97. The van der Waals surface area contributed by atoms with Gasteiger partial charge in [0.15, 0.2) is 0 Å². The Kier molecular flexibility index (Phi) is 5.65. The van der Waals surface area contributed by atoms with E-state index in [-0.39, 0.29) is 24.9 Å². The summed E-state index contributed by atoms with van der Waals surface area (Å²) in [6, 6.07) is 0.0248. The fourth-order valence-corrected chi connectivity index (χ4v) is 3.56. The van der Waals surface area contributed by atoms with Crippen LogP contribution in [0, 0.1) is 5.92 Å². The van der Waals surface area contributed by atoms with E-state index in [0.717, 1.165) is 6.42 Å². The normalized spacial score (nSPS) is 29.3. The van der Waals surface area contributed by atoms with Gasteiger partial charge >= 0.3 is 6.18 Å². The summed E-state index contributed by atoms with van der Waals surface area (Å²) in [5, 5.41) is 0. The van der Waals surface area contributed by atoms with Crippen LogP contribution in [0.15, 0.2) is 0 Å². The molecule has 108 valence electrons. The number of hydrogen-bond donors (Lipinski definition) is 0. The molecule has 6 heteroatoms. The van der Waals surface area contributed by atoms with Gasteiger partial charge in [0.2, 0.25) is 0 Å². The summed E-state index contributed by atoms with van der Waals surface area (Å²) in [6.45, 7) is 1.93. The first kappa shape index (κ1) is 16.0. The third-order valence-corrected chi connectivity index (χ3v) is 4.81. The summed E-state index contributed by atoms with van der Waals surface area (Å²) >= 11 is 0. The predicted molar refractivity (Wildman–Crippen MR) is 68.0 cm³/mol. The zero-order chi connectivity index (χ0) is 13.9. The van der Waals surface area contributed by atoms with Crippen LogP contribution < -0.4 is 0 Å². The Hall–Kier alpha value is -0.100. The maximum atomic E-state index is 12.7. The van der Waals surface area contributed by atoms with E-state index in [0.29, 0.717) is 12.2 Å². The zero-order valence-corrected chi connectivity index (χ0v) is 12.0. The van der Waals surface area contributed by atoms with E-state index in [2.05, 4.69) is 0 Å². The SMILES string of the molecule is C[C@H](C[S@](C)=O)N(C)[C@@H]1CCC[C@H](C(F)(F)F)C1. The quantitative estimate of drug-likeness (QED) is 0.791. The fraction of sp³-hybridized carbons (Fsp3) is 1.00. The van der Waals surface area contributed by atoms with Crippen LogP contribution in [0.2, 0.25) is 0 Å². The molecule has 0 heterocycles. The van der Waals surface area contributed by atoms with Crippen molar-refractivity contribution in [2.45, 2.75) is 50.9 Å². The Balaban J connectivity index is 2.58. The topological polar surface area (TPSA) is 20.3 Å². The van der Waals surface area contributed by atoms with Crippen LogP contribution >= 0.6 is 0 Å². The van der Waals surface area contributed by atoms with Crippen molar-refractivity contribution in [3.63, 3.8) is 0 Å². The highest BCUT2D eigenvalue weighted by molar-refractivity contribution is 7.84. The van der Waals surface area contributed by atoms with Gasteiger partial charge in [-0.3, -0.25) is 9.11 Å². The van der Waals surface area contributed by atoms with Crippen molar-refractivity contribution in [3.8, 4) is 0 Å². The molecular formula is C12H22F3NOS. The molecule has 0 unspecified atom stereocenters. The van der Waals surface area contributed by atoms with E-state index in [1.807, 2.05) is 18.9 Å². The van der Waals surface area contributed by atoms with Crippen LogP contribution in [0.4, 0.5) is 13.2 Å². The molecule has 4 atom stereocenters. The van der Waals surface area contributed by atoms with Crippen molar-refractivity contribution < 1.29 is 17.4 Å². The largest absolute Gasteiger partial charge is 0.391 e. The monoisotopic (exact) mass is 285 g/mol. The smallest absolute Gasteiger partial charge is 0.300 e. The summed E-state index contributed by atoms with van der Waals surface area (Å²) in [7, 11) is 0.938. The predicted octanol–water partition coefficient (Wildman–Crippen LogP) is 2.81. The molecule has 0 bridgehead atoms. The first-order valence-corrected chi connectivity index (χ1v) is 8.03. The summed E-state index contributed by atoms with van der Waals surface area (Å²) in [5.74, 6) is -0.651. The fourth-order valence-electron chi connectivity index (χ4n) is 2.65. The van der Waals surface area contributed by atoms with Gasteiger partial charge in [0.05, 0.1) is 5.92 Å². The average Bonchev–Trinajstić information content (AvgIpc) is 2.26. The molecule has 1 aliphatic carbocycles. The van der Waals surface area contributed by atoms with E-state index in [1.54, 1.807) is 6.26 Å². The number of alkyl halides is 3. The number of hydrogen-bond acceptors (Lipinski definition) is 2. The molecule has 1 rings (SSSR count). The Morgan fingerprint density at radius 2 is 2.00 bits per heavy atom. The van der Waals surface area contributed by atoms with E-state index in [4.69, 9.17) is 0 Å². The first-order chi connectivity index (χ1) is 8.21. The molecule has 2 nitrogen and oxygen atoms in total. The van der Waals surface area contributed by atoms with Gasteiger partial charge in [-0.1, -0.05) is 6.42 Å². The van der Waals surface area contributed by atoms with Crippen molar-refractivity contribution in [1.82, 2.24) is 4.90 Å². The van der Waals surface area contributed by atoms with Crippen LogP contribution in [0.1, 0.15) is 32.6 Å². The third-order valence-electron chi connectivity index (χ3n) is 3.86. The second kappa shape index (κ2) is 6.37. The minimum Gasteiger partial charge on any atom is -0.300 e. The molecule has 18 heavy (non-hydrogen) atoms. The molecular weight excluding hydrogens is 263 g/mol. The molecule has 0 saturated heterocycles. The van der Waals surface area contributed by atoms with Gasteiger partial charge in [-0.15, -0.1) is 0 Å². The molecule has 0 aromatic carbocycles. The molecule has 1 saturated carbocycles. The maximum absolute atomic E-state index is 12.7. The van der Waals surface area contributed by atoms with Crippen LogP contribution in [0.3, 0.4) is 0 Å². The number of nitrogens with zero attached hydrogens (tertiary/aromatic N) is 1. The van der Waals surface area contributed by atoms with Crippen molar-refractivity contribution in [2.24, 2.45) is 5.92 Å². The number of rotatable bonds is 4. The van der Waals surface area contributed by atoms with Crippen molar-refractivity contribution in [1.29, 1.82) is 0 Å². The van der Waals surface area contributed by atoms with E-state index in [1.165, 1.54) is 0 Å². The number of halogens is 3. The highest BCUT2D eigenvalue weighted by Crippen LogP contribution is 2.39. The Labute approximate surface area is 109 Å². The average molecular weight is 285 g/mol. The minimum atomic E-state index is -4.07. The van der Waals surface area contributed by atoms with E-state index in [9.17, 15) is 17.4 Å². The van der Waals surface area contributed by atoms with Gasteiger partial charge in [0.1, 0.15) is 0 Å². The molecule has 1 aliphatic rings. The lowest BCUT2D eigenvalue weighted by Gasteiger charge is -2.38. The van der Waals surface area contributed by atoms with Gasteiger partial charge in [0.25, 0.3) is 0 Å². The first-order valence-electron chi connectivity index (χ1n) is 6.30. The lowest BCUT2D eigenvalue weighted by Crippen LogP contribution is -2.45. The molecule has 0 aliphatic heterocycles. The van der Waals surface area contributed by atoms with Crippen LogP contribution in [-0.4, -0.2) is 46.4 Å². The second-order valence-electron chi connectivity index (χ2n) is 5.31. The standard InChI is InChI=1S/C12H22F3NOS/c1-9(8-18(3)17)16(2)11-6-4-5-10(7-11)12(13,14)15/h9-11H,4-8H2,1-3H3/t9-,10+,11-,18+/m1/s1. The van der Waals surface area contributed by atoms with Gasteiger partial charge < -0.3 is 0 Å². The van der Waals surface area contributed by atoms with Crippen LogP contribution in [0.5, 0.6) is 0 Å². The molecule has 0 amide bonds. The lowest BCUT2D eigenvalue weighted by molar-refractivity contribution is -0.186. The van der Waals surface area contributed by atoms with Gasteiger partial charge in [-0.05, 0) is 33.2 Å². The molecule has 0 spiro atoms. The maximum Gasteiger partial charge on any atom is 0.391 e. The van der Waals surface area contributed by atoms with Gasteiger partial charge in [-0.25, -0.2) is 0 Å². The highest BCUT2D eigenvalue weighted by Gasteiger charge is 2.43. The van der Waals surface area contributed by atoms with E-state index < -0.39 is 22.9 Å². The molecule has 1 fully saturated rings. The van der Waals surface area contributed by atoms with Gasteiger partial charge in [-0.2, -0.15) is 13.2 Å². The Morgan fingerprint density at radius 1 is 1.39 bits per heavy atom. The third kappa shape index (κ3) is 4.53. The van der Waals surface area contributed by atoms with Crippen LogP contribution in [-0.2, 0) is 10.8 Å². The van der Waals surface area contributed by atoms with Crippen LogP contribution in [0.25, 0.3) is 0 Å². The summed E-state index contributed by atoms with van der Waals surface area (Å²) < 4.78 is 49.3. The minimum absolute atomic E-state index is 0.0380.